The lowest BCUT2D eigenvalue weighted by molar-refractivity contribution is 0.292. The van der Waals surface area contributed by atoms with Gasteiger partial charge in [-0.1, -0.05) is 20.8 Å². The van der Waals surface area contributed by atoms with Crippen molar-refractivity contribution >= 4 is 0 Å². The number of allylic oxidation sites excluding steroid dienone is 2. The maximum atomic E-state index is 4.85. The van der Waals surface area contributed by atoms with Gasteiger partial charge in [0.15, 0.2) is 0 Å². The molecule has 0 aliphatic rings. The number of methoxy groups -OCH3 is 1. The second kappa shape index (κ2) is 10.5. The molecule has 1 heteroatoms. The zero-order valence-electron chi connectivity index (χ0n) is 7.19. The molecule has 0 unspecified atom stereocenters. The third-order valence-electron chi connectivity index (χ3n) is 0.814. The molecule has 56 valence electrons. The van der Waals surface area contributed by atoms with E-state index < -0.39 is 0 Å². The van der Waals surface area contributed by atoms with Gasteiger partial charge in [-0.15, -0.1) is 0 Å². The van der Waals surface area contributed by atoms with Gasteiger partial charge < -0.3 is 4.74 Å². The van der Waals surface area contributed by atoms with Crippen LogP contribution in [0.3, 0.4) is 0 Å². The standard InChI is InChI=1S/C6H12O.C2H6/c1-4-5-6(2)7-3;1-2/h5H,4H2,1-3H3;1-2H3/b6-5-;. The minimum absolute atomic E-state index is 1.00. The van der Waals surface area contributed by atoms with E-state index in [4.69, 9.17) is 4.74 Å². The minimum atomic E-state index is 1.00. The lowest BCUT2D eigenvalue weighted by atomic mass is 10.4. The Kier molecular flexibility index (Phi) is 13.3. The van der Waals surface area contributed by atoms with Crippen molar-refractivity contribution in [3.63, 3.8) is 0 Å². The van der Waals surface area contributed by atoms with E-state index in [1.165, 1.54) is 0 Å². The summed E-state index contributed by atoms with van der Waals surface area (Å²) >= 11 is 0. The van der Waals surface area contributed by atoms with Gasteiger partial charge in [-0.25, -0.2) is 0 Å². The van der Waals surface area contributed by atoms with Gasteiger partial charge in [0.25, 0.3) is 0 Å². The largest absolute Gasteiger partial charge is 0.502 e. The summed E-state index contributed by atoms with van der Waals surface area (Å²) in [6.07, 6.45) is 3.10. The topological polar surface area (TPSA) is 9.23 Å². The van der Waals surface area contributed by atoms with Crippen LogP contribution >= 0.6 is 0 Å². The van der Waals surface area contributed by atoms with Gasteiger partial charge in [0.1, 0.15) is 0 Å². The van der Waals surface area contributed by atoms with E-state index in [-0.39, 0.29) is 0 Å². The van der Waals surface area contributed by atoms with E-state index in [0.29, 0.717) is 0 Å². The van der Waals surface area contributed by atoms with Crippen molar-refractivity contribution in [1.82, 2.24) is 0 Å². The van der Waals surface area contributed by atoms with Crippen molar-refractivity contribution in [2.24, 2.45) is 0 Å². The molecule has 0 atom stereocenters. The first-order chi connectivity index (χ1) is 4.31. The highest BCUT2D eigenvalue weighted by Gasteiger charge is 1.76. The summed E-state index contributed by atoms with van der Waals surface area (Å²) in [5.74, 6) is 1.00. The van der Waals surface area contributed by atoms with E-state index in [0.717, 1.165) is 12.2 Å². The van der Waals surface area contributed by atoms with Crippen LogP contribution < -0.4 is 0 Å². The maximum Gasteiger partial charge on any atom is 0.0884 e. The average Bonchev–Trinajstić information content (AvgIpc) is 1.93. The van der Waals surface area contributed by atoms with Gasteiger partial charge in [0.05, 0.1) is 12.9 Å². The van der Waals surface area contributed by atoms with Gasteiger partial charge in [0.2, 0.25) is 0 Å². The molecule has 0 aliphatic heterocycles. The van der Waals surface area contributed by atoms with Crippen LogP contribution in [0.2, 0.25) is 0 Å². The Balaban J connectivity index is 0. The maximum absolute atomic E-state index is 4.85. The second-order valence-corrected chi connectivity index (χ2v) is 1.43. The van der Waals surface area contributed by atoms with Crippen LogP contribution in [0.1, 0.15) is 34.1 Å². The van der Waals surface area contributed by atoms with Gasteiger partial charge in [-0.05, 0) is 19.4 Å². The van der Waals surface area contributed by atoms with Gasteiger partial charge in [-0.2, -0.15) is 0 Å². The van der Waals surface area contributed by atoms with E-state index in [9.17, 15) is 0 Å². The highest BCUT2D eigenvalue weighted by Crippen LogP contribution is 1.92. The summed E-state index contributed by atoms with van der Waals surface area (Å²) < 4.78 is 4.85. The van der Waals surface area contributed by atoms with Crippen LogP contribution in [-0.2, 0) is 4.74 Å². The van der Waals surface area contributed by atoms with E-state index in [2.05, 4.69) is 6.92 Å². The van der Waals surface area contributed by atoms with E-state index in [1.54, 1.807) is 7.11 Å². The molecular weight excluding hydrogens is 112 g/mol. The van der Waals surface area contributed by atoms with Crippen LogP contribution in [0, 0.1) is 0 Å². The molecule has 0 aromatic carbocycles. The Labute approximate surface area is 58.7 Å². The molecule has 0 aromatic heterocycles. The van der Waals surface area contributed by atoms with Gasteiger partial charge >= 0.3 is 0 Å². The first kappa shape index (κ1) is 11.4. The first-order valence-electron chi connectivity index (χ1n) is 3.52. The molecule has 1 nitrogen and oxygen atoms in total. The number of hydrogen-bond acceptors (Lipinski definition) is 1. The predicted molar refractivity (Wildman–Crippen MR) is 42.4 cm³/mol. The summed E-state index contributed by atoms with van der Waals surface area (Å²) in [6.45, 7) is 8.03. The lowest BCUT2D eigenvalue weighted by Crippen LogP contribution is -1.75. The van der Waals surface area contributed by atoms with E-state index >= 15 is 0 Å². The summed E-state index contributed by atoms with van der Waals surface area (Å²) in [4.78, 5) is 0. The molecule has 0 heterocycles. The van der Waals surface area contributed by atoms with Crippen molar-refractivity contribution < 1.29 is 4.74 Å². The molecule has 0 fully saturated rings. The summed E-state index contributed by atoms with van der Waals surface area (Å²) in [5, 5.41) is 0. The van der Waals surface area contributed by atoms with Crippen LogP contribution in [0.4, 0.5) is 0 Å². The highest BCUT2D eigenvalue weighted by molar-refractivity contribution is 4.85. The molecule has 0 rings (SSSR count). The Hall–Kier alpha value is -0.460. The monoisotopic (exact) mass is 130 g/mol. The molecule has 0 aromatic rings. The van der Waals surface area contributed by atoms with Gasteiger partial charge in [-0.3, -0.25) is 0 Å². The average molecular weight is 130 g/mol. The first-order valence-corrected chi connectivity index (χ1v) is 3.52. The molecule has 0 saturated carbocycles. The fourth-order valence-electron chi connectivity index (χ4n) is 0.371. The van der Waals surface area contributed by atoms with Crippen molar-refractivity contribution in [3.8, 4) is 0 Å². The molecular formula is C8H18O. The molecule has 0 radical (unpaired) electrons. The van der Waals surface area contributed by atoms with Gasteiger partial charge in [0, 0.05) is 0 Å². The molecule has 0 N–H and O–H groups in total. The second-order valence-electron chi connectivity index (χ2n) is 1.43. The fraction of sp³-hybridized carbons (Fsp3) is 0.750. The predicted octanol–water partition coefficient (Wildman–Crippen LogP) is 2.97. The van der Waals surface area contributed by atoms with Crippen molar-refractivity contribution in [3.05, 3.63) is 11.8 Å². The summed E-state index contributed by atoms with van der Waals surface area (Å²) in [5.41, 5.74) is 0. The molecule has 0 bridgehead atoms. The SMILES string of the molecule is CC.CC/C=C(/C)OC. The Bertz CT molecular complexity index is 65.0. The zero-order valence-corrected chi connectivity index (χ0v) is 7.19. The fourth-order valence-corrected chi connectivity index (χ4v) is 0.371. The zero-order chi connectivity index (χ0) is 7.70. The van der Waals surface area contributed by atoms with Crippen molar-refractivity contribution in [1.29, 1.82) is 0 Å². The molecule has 0 saturated heterocycles. The number of rotatable bonds is 2. The van der Waals surface area contributed by atoms with Crippen LogP contribution in [0.5, 0.6) is 0 Å². The normalized spacial score (nSPS) is 9.67. The molecule has 9 heavy (non-hydrogen) atoms. The van der Waals surface area contributed by atoms with Crippen LogP contribution in [0.15, 0.2) is 11.8 Å². The third kappa shape index (κ3) is 11.2. The number of ether oxygens (including phenoxy) is 1. The third-order valence-corrected chi connectivity index (χ3v) is 0.814. The Morgan fingerprint density at radius 1 is 1.44 bits per heavy atom. The van der Waals surface area contributed by atoms with E-state index in [1.807, 2.05) is 26.8 Å². The van der Waals surface area contributed by atoms with Crippen molar-refractivity contribution in [2.45, 2.75) is 34.1 Å². The lowest BCUT2D eigenvalue weighted by Gasteiger charge is -1.93. The molecule has 0 aliphatic carbocycles. The highest BCUT2D eigenvalue weighted by atomic mass is 16.5. The van der Waals surface area contributed by atoms with Crippen molar-refractivity contribution in [2.75, 3.05) is 7.11 Å². The minimum Gasteiger partial charge on any atom is -0.502 e. The Morgan fingerprint density at radius 2 is 1.89 bits per heavy atom. The van der Waals surface area contributed by atoms with Crippen LogP contribution in [-0.4, -0.2) is 7.11 Å². The summed E-state index contributed by atoms with van der Waals surface area (Å²) in [6, 6.07) is 0. The molecule has 0 spiro atoms. The van der Waals surface area contributed by atoms with Crippen LogP contribution in [0.25, 0.3) is 0 Å². The summed E-state index contributed by atoms with van der Waals surface area (Å²) in [7, 11) is 1.68. The molecule has 0 amide bonds. The Morgan fingerprint density at radius 3 is 2.00 bits per heavy atom. The smallest absolute Gasteiger partial charge is 0.0884 e. The quantitative estimate of drug-likeness (QED) is 0.522. The number of hydrogen-bond donors (Lipinski definition) is 0.